The summed E-state index contributed by atoms with van der Waals surface area (Å²) in [5.74, 6) is 0.397. The number of esters is 1. The fraction of sp³-hybridized carbons (Fsp3) is 0.936. The zero-order valence-electron chi connectivity index (χ0n) is 38.4. The molecule has 17 heteroatoms. The number of rotatable bonds is 8. The first-order chi connectivity index (χ1) is 30.0. The van der Waals surface area contributed by atoms with Gasteiger partial charge in [-0.05, 0) is 109 Å². The molecule has 3 heterocycles. The predicted molar refractivity (Wildman–Crippen MR) is 224 cm³/mol. The molecule has 8 aliphatic rings. The van der Waals surface area contributed by atoms with Crippen LogP contribution < -0.4 is 0 Å². The SMILES string of the molecule is C[C@H]1[C@H](C)CC[C@]2(C(=O)O[C@@H]3O[C@H](CO)[C@@H](O)[C@H](O)[C@H]3O)CC[C@@]3(C)C(=CC[C@@H]4[C@@]5(C)CC[C@H](O[C@@H]6OC[C@H](O)[C@H](O)[C@H]6O[C@@H]6O[C@H](CO)[C@H](O)[C@H](O)[C@H]6O)C(C)(C)[C@@H]5CC[C@]43C)[C@H]12. The Kier molecular flexibility index (Phi) is 13.4. The average Bonchev–Trinajstić information content (AvgIpc) is 3.25. The summed E-state index contributed by atoms with van der Waals surface area (Å²) in [6.07, 6.45) is -11.8. The van der Waals surface area contributed by atoms with Gasteiger partial charge in [0.1, 0.15) is 67.1 Å². The molecule has 64 heavy (non-hydrogen) atoms. The minimum Gasteiger partial charge on any atom is -0.432 e. The van der Waals surface area contributed by atoms with E-state index in [1.54, 1.807) is 0 Å². The summed E-state index contributed by atoms with van der Waals surface area (Å²) in [6.45, 7) is 14.7. The summed E-state index contributed by atoms with van der Waals surface area (Å²) in [4.78, 5) is 14.7. The van der Waals surface area contributed by atoms with E-state index in [9.17, 15) is 55.9 Å². The number of allylic oxidation sites excluding steroid dienone is 2. The number of carbonyl (C=O) groups excluding carboxylic acids is 1. The minimum absolute atomic E-state index is 0.112. The van der Waals surface area contributed by atoms with Gasteiger partial charge >= 0.3 is 5.97 Å². The summed E-state index contributed by atoms with van der Waals surface area (Å²) in [5.41, 5.74) is -0.462. The Balaban J connectivity index is 1.03. The van der Waals surface area contributed by atoms with Crippen molar-refractivity contribution in [1.29, 1.82) is 0 Å². The maximum absolute atomic E-state index is 14.7. The molecule has 0 aromatic carbocycles. The molecule has 24 atom stereocenters. The highest BCUT2D eigenvalue weighted by molar-refractivity contribution is 5.79. The molecule has 4 saturated carbocycles. The van der Waals surface area contributed by atoms with Gasteiger partial charge in [0.25, 0.3) is 0 Å². The van der Waals surface area contributed by atoms with Crippen LogP contribution in [0.25, 0.3) is 0 Å². The van der Waals surface area contributed by atoms with Crippen molar-refractivity contribution in [2.75, 3.05) is 19.8 Å². The molecule has 3 aliphatic heterocycles. The van der Waals surface area contributed by atoms with Gasteiger partial charge in [-0.1, -0.05) is 60.1 Å². The van der Waals surface area contributed by atoms with Crippen LogP contribution in [0.2, 0.25) is 0 Å². The molecule has 7 fully saturated rings. The Hall–Kier alpha value is -1.39. The summed E-state index contributed by atoms with van der Waals surface area (Å²) in [5, 5.41) is 105. The lowest BCUT2D eigenvalue weighted by molar-refractivity contribution is -0.367. The Labute approximate surface area is 376 Å². The van der Waals surface area contributed by atoms with Gasteiger partial charge in [0.05, 0.1) is 31.3 Å². The van der Waals surface area contributed by atoms with Crippen molar-refractivity contribution >= 4 is 5.97 Å². The standard InChI is InChI=1S/C47H76O17/c1-21-10-15-47(42(58)64-40-37(57)35(55)33(53)26(19-49)61-40)17-16-45(6)23(30(47)22(21)2)8-9-28-44(5)13-12-29(43(3,4)27(44)11-14-46(28,45)7)62-41-38(31(51)24(50)20-59-41)63-39-36(56)34(54)32(52)25(18-48)60-39/h8,21-22,24-41,48-57H,9-20H2,1-7H3/t21-,22+,24+,25-,26-,27+,28-,29+,30+,31+,32+,33-,34+,35+,36-,37-,38-,39+,40+,41+,44+,45+,46-,47+/m1/s1. The molecule has 0 bridgehead atoms. The van der Waals surface area contributed by atoms with Gasteiger partial charge in [-0.25, -0.2) is 0 Å². The zero-order chi connectivity index (χ0) is 46.6. The van der Waals surface area contributed by atoms with E-state index in [0.29, 0.717) is 31.1 Å². The lowest BCUT2D eigenvalue weighted by Gasteiger charge is -2.71. The molecular weight excluding hydrogens is 836 g/mol. The molecule has 3 saturated heterocycles. The van der Waals surface area contributed by atoms with Gasteiger partial charge in [0.2, 0.25) is 6.29 Å². The molecule has 0 unspecified atom stereocenters. The van der Waals surface area contributed by atoms with Crippen LogP contribution in [0.3, 0.4) is 0 Å². The number of carbonyl (C=O) groups is 1. The fourth-order valence-electron chi connectivity index (χ4n) is 15.0. The second-order valence-corrected chi connectivity index (χ2v) is 22.4. The van der Waals surface area contributed by atoms with E-state index in [-0.39, 0.29) is 46.7 Å². The van der Waals surface area contributed by atoms with Crippen LogP contribution in [0.5, 0.6) is 0 Å². The van der Waals surface area contributed by atoms with Crippen molar-refractivity contribution in [3.63, 3.8) is 0 Å². The smallest absolute Gasteiger partial charge is 0.315 e. The summed E-state index contributed by atoms with van der Waals surface area (Å²) < 4.78 is 36.1. The van der Waals surface area contributed by atoms with Crippen molar-refractivity contribution in [2.45, 2.75) is 198 Å². The molecule has 10 N–H and O–H groups in total. The van der Waals surface area contributed by atoms with Crippen molar-refractivity contribution in [2.24, 2.45) is 56.7 Å². The largest absolute Gasteiger partial charge is 0.432 e. The lowest BCUT2D eigenvalue weighted by Crippen LogP contribution is -2.66. The third-order valence-corrected chi connectivity index (χ3v) is 19.3. The van der Waals surface area contributed by atoms with Crippen molar-refractivity contribution in [1.82, 2.24) is 0 Å². The first-order valence-corrected chi connectivity index (χ1v) is 23.8. The van der Waals surface area contributed by atoms with Gasteiger partial charge in [0, 0.05) is 0 Å². The Morgan fingerprint density at radius 3 is 1.95 bits per heavy atom. The molecule has 0 radical (unpaired) electrons. The number of fused-ring (bicyclic) bond motifs is 7. The van der Waals surface area contributed by atoms with E-state index in [1.807, 2.05) is 0 Å². The highest BCUT2D eigenvalue weighted by Gasteiger charge is 2.70. The van der Waals surface area contributed by atoms with Crippen LogP contribution in [-0.2, 0) is 33.2 Å². The van der Waals surface area contributed by atoms with Crippen LogP contribution in [0.15, 0.2) is 11.6 Å². The Morgan fingerprint density at radius 2 is 1.31 bits per heavy atom. The summed E-state index contributed by atoms with van der Waals surface area (Å²) in [7, 11) is 0. The molecule has 366 valence electrons. The maximum Gasteiger partial charge on any atom is 0.315 e. The normalized spacial score (nSPS) is 54.9. The molecule has 8 rings (SSSR count). The summed E-state index contributed by atoms with van der Waals surface area (Å²) >= 11 is 0. The predicted octanol–water partition coefficient (Wildman–Crippen LogP) is 0.636. The first kappa shape index (κ1) is 49.0. The van der Waals surface area contributed by atoms with Gasteiger partial charge in [-0.15, -0.1) is 0 Å². The van der Waals surface area contributed by atoms with Gasteiger partial charge < -0.3 is 79.5 Å². The van der Waals surface area contributed by atoms with Crippen LogP contribution in [0, 0.1) is 56.7 Å². The number of ether oxygens (including phenoxy) is 6. The van der Waals surface area contributed by atoms with E-state index in [2.05, 4.69) is 54.5 Å². The van der Waals surface area contributed by atoms with Crippen LogP contribution in [0.1, 0.15) is 106 Å². The van der Waals surface area contributed by atoms with E-state index < -0.39 is 116 Å². The number of aliphatic hydroxyl groups is 10. The lowest BCUT2D eigenvalue weighted by atomic mass is 9.33. The fourth-order valence-corrected chi connectivity index (χ4v) is 15.0. The molecule has 5 aliphatic carbocycles. The Morgan fingerprint density at radius 1 is 0.688 bits per heavy atom. The number of aliphatic hydroxyl groups excluding tert-OH is 10. The average molecular weight is 913 g/mol. The Bertz CT molecular complexity index is 1730. The third-order valence-electron chi connectivity index (χ3n) is 19.3. The van der Waals surface area contributed by atoms with Gasteiger partial charge in [-0.3, -0.25) is 4.79 Å². The molecule has 17 nitrogen and oxygen atoms in total. The van der Waals surface area contributed by atoms with Crippen molar-refractivity contribution in [3.8, 4) is 0 Å². The van der Waals surface area contributed by atoms with Crippen molar-refractivity contribution < 1.29 is 84.3 Å². The number of hydrogen-bond acceptors (Lipinski definition) is 17. The second-order valence-electron chi connectivity index (χ2n) is 22.4. The highest BCUT2D eigenvalue weighted by atomic mass is 16.8. The van der Waals surface area contributed by atoms with Gasteiger partial charge in [0.15, 0.2) is 12.6 Å². The van der Waals surface area contributed by atoms with Crippen molar-refractivity contribution in [3.05, 3.63) is 11.6 Å². The topological polar surface area (TPSA) is 275 Å². The third kappa shape index (κ3) is 7.40. The van der Waals surface area contributed by atoms with Crippen LogP contribution in [0.4, 0.5) is 0 Å². The van der Waals surface area contributed by atoms with Gasteiger partial charge in [-0.2, -0.15) is 0 Å². The number of hydrogen-bond donors (Lipinski definition) is 10. The molecular formula is C47H76O17. The quantitative estimate of drug-likeness (QED) is 0.0909. The first-order valence-electron chi connectivity index (χ1n) is 23.8. The monoisotopic (exact) mass is 913 g/mol. The van der Waals surface area contributed by atoms with E-state index >= 15 is 0 Å². The summed E-state index contributed by atoms with van der Waals surface area (Å²) in [6, 6.07) is 0. The second kappa shape index (κ2) is 17.5. The molecule has 0 amide bonds. The van der Waals surface area contributed by atoms with Crippen LogP contribution >= 0.6 is 0 Å². The van der Waals surface area contributed by atoms with Crippen LogP contribution in [-0.4, -0.2) is 169 Å². The minimum atomic E-state index is -1.73. The molecule has 0 aromatic rings. The zero-order valence-corrected chi connectivity index (χ0v) is 38.4. The maximum atomic E-state index is 14.7. The van der Waals surface area contributed by atoms with E-state index in [1.165, 1.54) is 5.57 Å². The molecule has 0 aromatic heterocycles. The van der Waals surface area contributed by atoms with E-state index in [4.69, 9.17) is 28.4 Å². The highest BCUT2D eigenvalue weighted by Crippen LogP contribution is 2.76. The molecule has 0 spiro atoms. The van der Waals surface area contributed by atoms with E-state index in [0.717, 1.165) is 38.5 Å².